The summed E-state index contributed by atoms with van der Waals surface area (Å²) in [4.78, 5) is 15.4. The second-order valence-electron chi connectivity index (χ2n) is 11.5. The maximum absolute atomic E-state index is 11.1. The molecule has 0 unspecified atom stereocenters. The molecular weight excluding hydrogens is 440 g/mol. The number of carbonyl (C=O) groups is 1. The lowest BCUT2D eigenvalue weighted by Gasteiger charge is -2.35. The van der Waals surface area contributed by atoms with Crippen molar-refractivity contribution in [2.24, 2.45) is 17.8 Å². The highest BCUT2D eigenvalue weighted by molar-refractivity contribution is 6.84. The van der Waals surface area contributed by atoms with Gasteiger partial charge in [-0.3, -0.25) is 10.1 Å². The van der Waals surface area contributed by atoms with Gasteiger partial charge in [0.05, 0.1) is 18.6 Å². The molecule has 6 nitrogen and oxygen atoms in total. The zero-order chi connectivity index (χ0) is 23.6. The quantitative estimate of drug-likeness (QED) is 0.125. The van der Waals surface area contributed by atoms with Crippen LogP contribution in [0.5, 0.6) is 0 Å². The van der Waals surface area contributed by atoms with Gasteiger partial charge in [-0.2, -0.15) is 0 Å². The van der Waals surface area contributed by atoms with Crippen molar-refractivity contribution in [3.05, 3.63) is 0 Å². The largest absolute Gasteiger partial charge is 0.481 e. The second-order valence-corrected chi connectivity index (χ2v) is 20.3. The van der Waals surface area contributed by atoms with Gasteiger partial charge in [-0.1, -0.05) is 12.8 Å². The van der Waals surface area contributed by atoms with Gasteiger partial charge >= 0.3 is 5.97 Å². The van der Waals surface area contributed by atoms with Gasteiger partial charge in [0.25, 0.3) is 0 Å². The van der Waals surface area contributed by atoms with Crippen LogP contribution in [0.1, 0.15) is 70.6 Å². The van der Waals surface area contributed by atoms with Crippen LogP contribution in [0.3, 0.4) is 0 Å². The van der Waals surface area contributed by atoms with E-state index in [4.69, 9.17) is 19.2 Å². The van der Waals surface area contributed by atoms with Gasteiger partial charge in [-0.25, -0.2) is 4.89 Å². The van der Waals surface area contributed by atoms with Crippen molar-refractivity contribution in [1.82, 2.24) is 0 Å². The minimum atomic E-state index is -1.69. The third-order valence-corrected chi connectivity index (χ3v) is 15.1. The van der Waals surface area contributed by atoms with Crippen molar-refractivity contribution in [3.8, 4) is 0 Å². The van der Waals surface area contributed by atoms with Crippen LogP contribution in [0, 0.1) is 17.8 Å². The zero-order valence-electron chi connectivity index (χ0n) is 20.9. The van der Waals surface area contributed by atoms with E-state index in [0.29, 0.717) is 24.5 Å². The molecule has 2 saturated carbocycles. The molecule has 2 aliphatic rings. The van der Waals surface area contributed by atoms with Gasteiger partial charge in [0.2, 0.25) is 0 Å². The number of rotatable bonds is 14. The first-order valence-electron chi connectivity index (χ1n) is 12.9. The summed E-state index contributed by atoms with van der Waals surface area (Å²) in [5.41, 5.74) is 0. The lowest BCUT2D eigenvalue weighted by Crippen LogP contribution is -2.44. The Bertz CT molecular complexity index is 541. The second kappa shape index (κ2) is 13.6. The van der Waals surface area contributed by atoms with E-state index in [-0.39, 0.29) is 5.92 Å². The molecule has 0 amide bonds. The van der Waals surface area contributed by atoms with Crippen LogP contribution < -0.4 is 0 Å². The molecule has 0 aliphatic heterocycles. The number of carboxylic acid groups (broad SMARTS) is 1. The van der Waals surface area contributed by atoms with Gasteiger partial charge in [0.1, 0.15) is 0 Å². The lowest BCUT2D eigenvalue weighted by molar-refractivity contribution is -0.253. The van der Waals surface area contributed by atoms with Crippen molar-refractivity contribution < 1.29 is 28.9 Å². The molecule has 0 heterocycles. The number of hydrogen-bond donors (Lipinski definition) is 2. The minimum absolute atomic E-state index is 0.105. The van der Waals surface area contributed by atoms with Crippen LogP contribution >= 0.6 is 0 Å². The Morgan fingerprint density at radius 2 is 1.41 bits per heavy atom. The first kappa shape index (κ1) is 28.0. The van der Waals surface area contributed by atoms with Gasteiger partial charge in [0.15, 0.2) is 16.6 Å². The molecule has 2 rings (SSSR count). The van der Waals surface area contributed by atoms with E-state index in [1.165, 1.54) is 18.9 Å². The molecule has 8 heteroatoms. The monoisotopic (exact) mass is 488 g/mol. The fraction of sp³-hybridized carbons (Fsp3) is 0.958. The molecular formula is C24H48O6Si2. The van der Waals surface area contributed by atoms with Crippen LogP contribution in [0.4, 0.5) is 0 Å². The molecule has 32 heavy (non-hydrogen) atoms. The molecule has 0 bridgehead atoms. The first-order chi connectivity index (χ1) is 15.1. The number of aliphatic carboxylic acids is 1. The molecule has 0 aromatic rings. The summed E-state index contributed by atoms with van der Waals surface area (Å²) < 4.78 is 12.9. The summed E-state index contributed by atoms with van der Waals surface area (Å²) >= 11 is 0. The Hall–Kier alpha value is -0.256. The zero-order valence-corrected chi connectivity index (χ0v) is 22.9. The molecule has 0 atom stereocenters. The Kier molecular flexibility index (Phi) is 11.9. The van der Waals surface area contributed by atoms with Crippen molar-refractivity contribution >= 4 is 22.6 Å². The molecule has 0 aromatic heterocycles. The third kappa shape index (κ3) is 10.8. The van der Waals surface area contributed by atoms with Gasteiger partial charge < -0.3 is 14.0 Å². The Morgan fingerprint density at radius 1 is 0.844 bits per heavy atom. The SMILES string of the molecule is C[Si](C)(CCCOC1CCC(COO)CC1)O[Si](C)(C)CCCC1CCC(C(=O)O)CC1. The number of ether oxygens (including phenoxy) is 1. The molecule has 0 aromatic carbocycles. The summed E-state index contributed by atoms with van der Waals surface area (Å²) in [6.45, 7) is 10.7. The van der Waals surface area contributed by atoms with Crippen LogP contribution in [0.25, 0.3) is 0 Å². The maximum atomic E-state index is 11.1. The predicted octanol–water partition coefficient (Wildman–Crippen LogP) is 6.54. The number of carboxylic acids is 1. The standard InChI is InChI=1S/C24H48O6Si2/c1-31(2,17-5-7-20-8-12-22(13-9-20)24(25)26)30-32(3,4)18-6-16-28-23-14-10-21(11-15-23)19-29-27/h20-23,27H,5-19H2,1-4H3,(H,25,26). The molecule has 2 fully saturated rings. The highest BCUT2D eigenvalue weighted by atomic mass is 28.4. The average molecular weight is 489 g/mol. The van der Waals surface area contributed by atoms with E-state index in [9.17, 15) is 4.79 Å². The van der Waals surface area contributed by atoms with Crippen LogP contribution in [0.2, 0.25) is 38.3 Å². The Labute approximate surface area is 197 Å². The normalized spacial score (nSPS) is 27.4. The van der Waals surface area contributed by atoms with Crippen LogP contribution in [-0.4, -0.2) is 52.3 Å². The van der Waals surface area contributed by atoms with Gasteiger partial charge in [0, 0.05) is 6.61 Å². The van der Waals surface area contributed by atoms with Crippen molar-refractivity contribution in [2.45, 2.75) is 115 Å². The average Bonchev–Trinajstić information content (AvgIpc) is 2.72. The first-order valence-corrected chi connectivity index (χ1v) is 19.1. The van der Waals surface area contributed by atoms with E-state index >= 15 is 0 Å². The summed E-state index contributed by atoms with van der Waals surface area (Å²) in [7, 11) is -3.35. The van der Waals surface area contributed by atoms with Crippen molar-refractivity contribution in [2.75, 3.05) is 13.2 Å². The summed E-state index contributed by atoms with van der Waals surface area (Å²) in [6.07, 6.45) is 12.1. The van der Waals surface area contributed by atoms with Gasteiger partial charge in [-0.15, -0.1) is 0 Å². The van der Waals surface area contributed by atoms with E-state index < -0.39 is 22.6 Å². The number of hydrogen-bond acceptors (Lipinski definition) is 5. The fourth-order valence-corrected chi connectivity index (χ4v) is 14.5. The van der Waals surface area contributed by atoms with Gasteiger partial charge in [-0.05, 0) is 108 Å². The van der Waals surface area contributed by atoms with E-state index in [1.54, 1.807) is 0 Å². The highest BCUT2D eigenvalue weighted by Crippen LogP contribution is 2.33. The maximum Gasteiger partial charge on any atom is 0.306 e. The molecule has 2 aliphatic carbocycles. The van der Waals surface area contributed by atoms with Crippen molar-refractivity contribution in [1.29, 1.82) is 0 Å². The Morgan fingerprint density at radius 3 is 1.97 bits per heavy atom. The fourth-order valence-electron chi connectivity index (χ4n) is 5.68. The highest BCUT2D eigenvalue weighted by Gasteiger charge is 2.33. The van der Waals surface area contributed by atoms with Crippen LogP contribution in [-0.2, 0) is 18.5 Å². The topological polar surface area (TPSA) is 85.2 Å². The molecule has 2 N–H and O–H groups in total. The summed E-state index contributed by atoms with van der Waals surface area (Å²) in [6, 6.07) is 2.36. The van der Waals surface area contributed by atoms with Crippen molar-refractivity contribution in [3.63, 3.8) is 0 Å². The lowest BCUT2D eigenvalue weighted by atomic mass is 9.80. The minimum Gasteiger partial charge on any atom is -0.481 e. The molecule has 188 valence electrons. The summed E-state index contributed by atoms with van der Waals surface area (Å²) in [5, 5.41) is 17.8. The van der Waals surface area contributed by atoms with E-state index in [1.807, 2.05) is 0 Å². The molecule has 0 saturated heterocycles. The Balaban J connectivity index is 1.57. The van der Waals surface area contributed by atoms with Crippen LogP contribution in [0.15, 0.2) is 0 Å². The molecule has 0 radical (unpaired) electrons. The van der Waals surface area contributed by atoms with E-state index in [2.05, 4.69) is 31.1 Å². The smallest absolute Gasteiger partial charge is 0.306 e. The summed E-state index contributed by atoms with van der Waals surface area (Å²) in [5.74, 6) is 0.478. The third-order valence-electron chi connectivity index (χ3n) is 7.52. The molecule has 0 spiro atoms. The predicted molar refractivity (Wildman–Crippen MR) is 133 cm³/mol. The van der Waals surface area contributed by atoms with E-state index in [0.717, 1.165) is 70.4 Å².